The predicted octanol–water partition coefficient (Wildman–Crippen LogP) is 2.37. The standard InChI is InChI=1S/C18H27N3O2/c1-2-12-19-18(23)21-16-11-7-6-10-15(16)20-17(22)13-14-8-4-3-5-9-14/h3-5,8-9,15-16H,2,6-7,10-13H2,1H3,(H,20,22)(H2,19,21,23). The molecule has 3 N–H and O–H groups in total. The first-order chi connectivity index (χ1) is 11.2. The Morgan fingerprint density at radius 2 is 1.70 bits per heavy atom. The van der Waals surface area contributed by atoms with E-state index in [2.05, 4.69) is 16.0 Å². The van der Waals surface area contributed by atoms with Crippen molar-refractivity contribution < 1.29 is 9.59 Å². The number of amides is 3. The quantitative estimate of drug-likeness (QED) is 0.754. The molecule has 126 valence electrons. The summed E-state index contributed by atoms with van der Waals surface area (Å²) in [6, 6.07) is 9.62. The van der Waals surface area contributed by atoms with Crippen LogP contribution in [0.4, 0.5) is 4.79 Å². The van der Waals surface area contributed by atoms with Crippen molar-refractivity contribution in [1.29, 1.82) is 0 Å². The molecule has 0 heterocycles. The first-order valence-corrected chi connectivity index (χ1v) is 8.56. The summed E-state index contributed by atoms with van der Waals surface area (Å²) in [5.74, 6) is 0.0175. The monoisotopic (exact) mass is 317 g/mol. The number of carbonyl (C=O) groups excluding carboxylic acids is 2. The summed E-state index contributed by atoms with van der Waals surface area (Å²) >= 11 is 0. The van der Waals surface area contributed by atoms with Gasteiger partial charge in [-0.2, -0.15) is 0 Å². The fraction of sp³-hybridized carbons (Fsp3) is 0.556. The highest BCUT2D eigenvalue weighted by Gasteiger charge is 2.27. The van der Waals surface area contributed by atoms with E-state index in [9.17, 15) is 9.59 Å². The Morgan fingerprint density at radius 3 is 2.35 bits per heavy atom. The van der Waals surface area contributed by atoms with Gasteiger partial charge in [-0.25, -0.2) is 4.79 Å². The van der Waals surface area contributed by atoms with E-state index in [1.165, 1.54) is 0 Å². The van der Waals surface area contributed by atoms with Gasteiger partial charge >= 0.3 is 6.03 Å². The van der Waals surface area contributed by atoms with Gasteiger partial charge in [-0.15, -0.1) is 0 Å². The lowest BCUT2D eigenvalue weighted by Gasteiger charge is -2.32. The van der Waals surface area contributed by atoms with E-state index in [4.69, 9.17) is 0 Å². The van der Waals surface area contributed by atoms with Crippen molar-refractivity contribution in [2.75, 3.05) is 6.54 Å². The number of benzene rings is 1. The summed E-state index contributed by atoms with van der Waals surface area (Å²) in [6.07, 6.45) is 5.30. The Morgan fingerprint density at radius 1 is 1.04 bits per heavy atom. The molecule has 2 unspecified atom stereocenters. The Labute approximate surface area is 138 Å². The van der Waals surface area contributed by atoms with Crippen LogP contribution in [0, 0.1) is 0 Å². The van der Waals surface area contributed by atoms with E-state index >= 15 is 0 Å². The molecule has 1 fully saturated rings. The minimum atomic E-state index is -0.138. The van der Waals surface area contributed by atoms with Crippen molar-refractivity contribution >= 4 is 11.9 Å². The van der Waals surface area contributed by atoms with Gasteiger partial charge in [0.05, 0.1) is 12.5 Å². The van der Waals surface area contributed by atoms with Crippen LogP contribution in [0.25, 0.3) is 0 Å². The van der Waals surface area contributed by atoms with Crippen LogP contribution >= 0.6 is 0 Å². The second-order valence-electron chi connectivity index (χ2n) is 6.13. The van der Waals surface area contributed by atoms with Crippen LogP contribution in [-0.2, 0) is 11.2 Å². The van der Waals surface area contributed by atoms with Crippen LogP contribution in [0.15, 0.2) is 30.3 Å². The lowest BCUT2D eigenvalue weighted by molar-refractivity contribution is -0.121. The molecule has 0 saturated heterocycles. The maximum absolute atomic E-state index is 12.2. The molecule has 0 spiro atoms. The molecule has 0 aliphatic heterocycles. The minimum Gasteiger partial charge on any atom is -0.351 e. The van der Waals surface area contributed by atoms with Gasteiger partial charge in [0.25, 0.3) is 0 Å². The van der Waals surface area contributed by atoms with Gasteiger partial charge < -0.3 is 16.0 Å². The number of hydrogen-bond donors (Lipinski definition) is 3. The molecule has 2 rings (SSSR count). The van der Waals surface area contributed by atoms with E-state index in [-0.39, 0.29) is 24.0 Å². The predicted molar refractivity (Wildman–Crippen MR) is 91.2 cm³/mol. The van der Waals surface area contributed by atoms with Crippen LogP contribution in [-0.4, -0.2) is 30.6 Å². The van der Waals surface area contributed by atoms with Crippen molar-refractivity contribution in [1.82, 2.24) is 16.0 Å². The van der Waals surface area contributed by atoms with Gasteiger partial charge in [0.1, 0.15) is 0 Å². The molecule has 1 aromatic carbocycles. The van der Waals surface area contributed by atoms with Crippen molar-refractivity contribution in [2.45, 2.75) is 57.5 Å². The van der Waals surface area contributed by atoms with Gasteiger partial charge in [0.15, 0.2) is 0 Å². The summed E-state index contributed by atoms with van der Waals surface area (Å²) in [4.78, 5) is 24.1. The summed E-state index contributed by atoms with van der Waals surface area (Å²) in [6.45, 7) is 2.69. The fourth-order valence-electron chi connectivity index (χ4n) is 2.97. The van der Waals surface area contributed by atoms with Crippen LogP contribution in [0.5, 0.6) is 0 Å². The first-order valence-electron chi connectivity index (χ1n) is 8.56. The Hall–Kier alpha value is -2.04. The number of hydrogen-bond acceptors (Lipinski definition) is 2. The van der Waals surface area contributed by atoms with Crippen molar-refractivity contribution in [2.24, 2.45) is 0 Å². The van der Waals surface area contributed by atoms with Gasteiger partial charge in [0, 0.05) is 12.6 Å². The highest BCUT2D eigenvalue weighted by molar-refractivity contribution is 5.79. The highest BCUT2D eigenvalue weighted by Crippen LogP contribution is 2.19. The second kappa shape index (κ2) is 9.18. The van der Waals surface area contributed by atoms with Crippen LogP contribution < -0.4 is 16.0 Å². The van der Waals surface area contributed by atoms with E-state index in [0.29, 0.717) is 13.0 Å². The van der Waals surface area contributed by atoms with Gasteiger partial charge in [0.2, 0.25) is 5.91 Å². The van der Waals surface area contributed by atoms with E-state index < -0.39 is 0 Å². The molecule has 5 heteroatoms. The zero-order valence-corrected chi connectivity index (χ0v) is 13.8. The molecule has 0 aromatic heterocycles. The Balaban J connectivity index is 1.85. The SMILES string of the molecule is CCCNC(=O)NC1CCCCC1NC(=O)Cc1ccccc1. The molecule has 3 amide bonds. The number of carbonyl (C=O) groups is 2. The largest absolute Gasteiger partial charge is 0.351 e. The minimum absolute atomic E-state index is 0.0142. The maximum Gasteiger partial charge on any atom is 0.315 e. The zero-order chi connectivity index (χ0) is 16.5. The Bertz CT molecular complexity index is 504. The zero-order valence-electron chi connectivity index (χ0n) is 13.8. The van der Waals surface area contributed by atoms with Crippen molar-refractivity contribution in [3.63, 3.8) is 0 Å². The number of nitrogens with one attached hydrogen (secondary N) is 3. The molecule has 5 nitrogen and oxygen atoms in total. The molecule has 1 aliphatic carbocycles. The van der Waals surface area contributed by atoms with Gasteiger partial charge in [-0.05, 0) is 24.8 Å². The maximum atomic E-state index is 12.2. The molecule has 2 atom stereocenters. The average Bonchev–Trinajstić information content (AvgIpc) is 2.55. The average molecular weight is 317 g/mol. The summed E-state index contributed by atoms with van der Waals surface area (Å²) < 4.78 is 0. The first kappa shape index (κ1) is 17.3. The molecule has 1 saturated carbocycles. The molecule has 0 bridgehead atoms. The fourth-order valence-corrected chi connectivity index (χ4v) is 2.97. The van der Waals surface area contributed by atoms with Crippen molar-refractivity contribution in [3.05, 3.63) is 35.9 Å². The molecule has 1 aromatic rings. The lowest BCUT2D eigenvalue weighted by Crippen LogP contribution is -2.55. The number of urea groups is 1. The molecular weight excluding hydrogens is 290 g/mol. The topological polar surface area (TPSA) is 70.2 Å². The second-order valence-corrected chi connectivity index (χ2v) is 6.13. The van der Waals surface area contributed by atoms with Crippen LogP contribution in [0.2, 0.25) is 0 Å². The van der Waals surface area contributed by atoms with E-state index in [0.717, 1.165) is 37.7 Å². The van der Waals surface area contributed by atoms with E-state index in [1.54, 1.807) is 0 Å². The van der Waals surface area contributed by atoms with Crippen LogP contribution in [0.3, 0.4) is 0 Å². The van der Waals surface area contributed by atoms with E-state index in [1.807, 2.05) is 37.3 Å². The summed E-state index contributed by atoms with van der Waals surface area (Å²) in [5, 5.41) is 8.94. The molecule has 0 radical (unpaired) electrons. The normalized spacial score (nSPS) is 20.6. The van der Waals surface area contributed by atoms with Gasteiger partial charge in [-0.1, -0.05) is 50.1 Å². The summed E-state index contributed by atoms with van der Waals surface area (Å²) in [5.41, 5.74) is 1.01. The summed E-state index contributed by atoms with van der Waals surface area (Å²) in [7, 11) is 0. The smallest absolute Gasteiger partial charge is 0.315 e. The third-order valence-corrected chi connectivity index (χ3v) is 4.17. The van der Waals surface area contributed by atoms with Crippen LogP contribution in [0.1, 0.15) is 44.6 Å². The third kappa shape index (κ3) is 5.93. The van der Waals surface area contributed by atoms with Crippen molar-refractivity contribution in [3.8, 4) is 0 Å². The molecule has 1 aliphatic rings. The highest BCUT2D eigenvalue weighted by atomic mass is 16.2. The molecule has 23 heavy (non-hydrogen) atoms. The van der Waals surface area contributed by atoms with Gasteiger partial charge in [-0.3, -0.25) is 4.79 Å². The number of rotatable bonds is 6. The third-order valence-electron chi connectivity index (χ3n) is 4.17. The lowest BCUT2D eigenvalue weighted by atomic mass is 9.90. The molecular formula is C18H27N3O2. The Kier molecular flexibility index (Phi) is 6.91.